The summed E-state index contributed by atoms with van der Waals surface area (Å²) in [5.74, 6) is 0.426. The number of hydrogen-bond acceptors (Lipinski definition) is 3. The molecule has 0 aromatic heterocycles. The zero-order valence-electron chi connectivity index (χ0n) is 12.2. The number of carbonyl (C=O) groups excluding carboxylic acids is 1. The fraction of sp³-hybridized carbons (Fsp3) is 0.938. The Balaban J connectivity index is 1.78. The van der Waals surface area contributed by atoms with Gasteiger partial charge in [0.1, 0.15) is 5.78 Å². The van der Waals surface area contributed by atoms with Gasteiger partial charge in [-0.3, -0.25) is 4.79 Å². The number of hydrogen-bond donors (Lipinski definition) is 1. The summed E-state index contributed by atoms with van der Waals surface area (Å²) in [5, 5.41) is 0. The molecule has 1 saturated heterocycles. The molecule has 0 spiro atoms. The molecular weight excluding hydrogens is 238 g/mol. The smallest absolute Gasteiger partial charge is 0.140 e. The number of Topliss-reactive ketones (excluding diaryl/α,β-unsaturated/α-hetero) is 1. The molecule has 19 heavy (non-hydrogen) atoms. The molecule has 0 amide bonds. The van der Waals surface area contributed by atoms with Crippen molar-refractivity contribution < 1.29 is 9.53 Å². The highest BCUT2D eigenvalue weighted by Crippen LogP contribution is 2.36. The molecule has 1 aliphatic heterocycles. The second-order valence-electron chi connectivity index (χ2n) is 6.35. The maximum atomic E-state index is 12.6. The Morgan fingerprint density at radius 3 is 2.47 bits per heavy atom. The highest BCUT2D eigenvalue weighted by molar-refractivity contribution is 5.85. The summed E-state index contributed by atoms with van der Waals surface area (Å²) < 4.78 is 5.62. The normalized spacial score (nSPS) is 27.1. The largest absolute Gasteiger partial charge is 0.378 e. The molecule has 0 radical (unpaired) electrons. The minimum Gasteiger partial charge on any atom is -0.378 e. The van der Waals surface area contributed by atoms with Crippen molar-refractivity contribution in [3.63, 3.8) is 0 Å². The Morgan fingerprint density at radius 1 is 1.16 bits per heavy atom. The van der Waals surface area contributed by atoms with E-state index < -0.39 is 0 Å². The lowest BCUT2D eigenvalue weighted by molar-refractivity contribution is -0.129. The molecule has 1 heterocycles. The second-order valence-corrected chi connectivity index (χ2v) is 6.35. The minimum atomic E-state index is -0.187. The van der Waals surface area contributed by atoms with Crippen molar-refractivity contribution in [1.82, 2.24) is 0 Å². The zero-order chi connectivity index (χ0) is 13.6. The van der Waals surface area contributed by atoms with Crippen LogP contribution in [-0.2, 0) is 9.53 Å². The third-order valence-corrected chi connectivity index (χ3v) is 5.00. The lowest BCUT2D eigenvalue weighted by atomic mass is 9.75. The summed E-state index contributed by atoms with van der Waals surface area (Å²) in [4.78, 5) is 12.6. The van der Waals surface area contributed by atoms with E-state index in [-0.39, 0.29) is 5.41 Å². The van der Waals surface area contributed by atoms with Crippen LogP contribution in [0.2, 0.25) is 0 Å². The summed E-state index contributed by atoms with van der Waals surface area (Å²) in [6, 6.07) is 0. The molecule has 0 aromatic rings. The van der Waals surface area contributed by atoms with Crippen molar-refractivity contribution in [3.05, 3.63) is 0 Å². The van der Waals surface area contributed by atoms with E-state index in [1.54, 1.807) is 0 Å². The molecule has 2 aliphatic rings. The number of rotatable bonds is 6. The van der Waals surface area contributed by atoms with E-state index in [4.69, 9.17) is 10.5 Å². The Labute approximate surface area is 117 Å². The van der Waals surface area contributed by atoms with Crippen molar-refractivity contribution in [2.24, 2.45) is 11.1 Å². The lowest BCUT2D eigenvalue weighted by Gasteiger charge is -2.30. The van der Waals surface area contributed by atoms with Crippen LogP contribution in [0, 0.1) is 5.41 Å². The first-order chi connectivity index (χ1) is 9.27. The van der Waals surface area contributed by atoms with Crippen LogP contribution in [0.3, 0.4) is 0 Å². The molecule has 1 atom stereocenters. The molecule has 110 valence electrons. The molecule has 2 fully saturated rings. The first-order valence-corrected chi connectivity index (χ1v) is 8.12. The van der Waals surface area contributed by atoms with Crippen LogP contribution < -0.4 is 5.73 Å². The van der Waals surface area contributed by atoms with E-state index in [1.165, 1.54) is 38.5 Å². The van der Waals surface area contributed by atoms with Crippen molar-refractivity contribution in [2.45, 2.75) is 76.7 Å². The van der Waals surface area contributed by atoms with Gasteiger partial charge in [-0.15, -0.1) is 0 Å². The highest BCUT2D eigenvalue weighted by Gasteiger charge is 2.36. The first kappa shape index (κ1) is 15.0. The van der Waals surface area contributed by atoms with Gasteiger partial charge < -0.3 is 10.5 Å². The van der Waals surface area contributed by atoms with Gasteiger partial charge in [-0.05, 0) is 38.5 Å². The van der Waals surface area contributed by atoms with Crippen LogP contribution in [0.4, 0.5) is 0 Å². The molecule has 1 saturated carbocycles. The van der Waals surface area contributed by atoms with Gasteiger partial charge in [-0.2, -0.15) is 0 Å². The summed E-state index contributed by atoms with van der Waals surface area (Å²) >= 11 is 0. The predicted molar refractivity (Wildman–Crippen MR) is 77.0 cm³/mol. The van der Waals surface area contributed by atoms with E-state index in [2.05, 4.69) is 0 Å². The third-order valence-electron chi connectivity index (χ3n) is 5.00. The Morgan fingerprint density at radius 2 is 1.89 bits per heavy atom. The van der Waals surface area contributed by atoms with Gasteiger partial charge in [0.25, 0.3) is 0 Å². The first-order valence-electron chi connectivity index (χ1n) is 8.12. The van der Waals surface area contributed by atoms with Crippen molar-refractivity contribution >= 4 is 5.78 Å². The second kappa shape index (κ2) is 7.39. The van der Waals surface area contributed by atoms with E-state index in [0.29, 0.717) is 24.9 Å². The van der Waals surface area contributed by atoms with Crippen molar-refractivity contribution in [3.8, 4) is 0 Å². The quantitative estimate of drug-likeness (QED) is 0.752. The van der Waals surface area contributed by atoms with Crippen LogP contribution >= 0.6 is 0 Å². The molecule has 0 bridgehead atoms. The molecular formula is C16H29NO2. The highest BCUT2D eigenvalue weighted by atomic mass is 16.5. The molecule has 2 rings (SSSR count). The molecule has 1 unspecified atom stereocenters. The third kappa shape index (κ3) is 4.03. The van der Waals surface area contributed by atoms with E-state index in [1.807, 2.05) is 0 Å². The number of nitrogens with two attached hydrogens (primary N) is 1. The van der Waals surface area contributed by atoms with Gasteiger partial charge in [0.05, 0.1) is 6.10 Å². The maximum Gasteiger partial charge on any atom is 0.140 e. The van der Waals surface area contributed by atoms with Crippen LogP contribution in [-0.4, -0.2) is 25.0 Å². The van der Waals surface area contributed by atoms with Gasteiger partial charge in [0.15, 0.2) is 0 Å². The maximum absolute atomic E-state index is 12.6. The SMILES string of the molecule is NCC1(C(=O)CCCC2CCCO2)CCCCCC1. The fourth-order valence-electron chi connectivity index (χ4n) is 3.63. The van der Waals surface area contributed by atoms with Gasteiger partial charge in [0.2, 0.25) is 0 Å². The Kier molecular flexibility index (Phi) is 5.83. The van der Waals surface area contributed by atoms with E-state index >= 15 is 0 Å². The van der Waals surface area contributed by atoms with Crippen LogP contribution in [0.15, 0.2) is 0 Å². The molecule has 2 N–H and O–H groups in total. The summed E-state index contributed by atoms with van der Waals surface area (Å²) in [5.41, 5.74) is 5.77. The summed E-state index contributed by atoms with van der Waals surface area (Å²) in [7, 11) is 0. The summed E-state index contributed by atoms with van der Waals surface area (Å²) in [6.45, 7) is 1.46. The zero-order valence-corrected chi connectivity index (χ0v) is 12.2. The summed E-state index contributed by atoms with van der Waals surface area (Å²) in [6.07, 6.45) is 12.4. The Hall–Kier alpha value is -0.410. The standard InChI is InChI=1S/C16H29NO2/c17-13-16(10-3-1-2-4-11-16)15(18)9-5-7-14-8-6-12-19-14/h14H,1-13,17H2. The van der Waals surface area contributed by atoms with Gasteiger partial charge in [-0.1, -0.05) is 25.7 Å². The molecule has 3 heteroatoms. The number of ether oxygens (including phenoxy) is 1. The van der Waals surface area contributed by atoms with E-state index in [0.717, 1.165) is 32.3 Å². The lowest BCUT2D eigenvalue weighted by Crippen LogP contribution is -2.38. The van der Waals surface area contributed by atoms with Crippen molar-refractivity contribution in [2.75, 3.05) is 13.2 Å². The molecule has 0 aromatic carbocycles. The topological polar surface area (TPSA) is 52.3 Å². The van der Waals surface area contributed by atoms with Crippen LogP contribution in [0.1, 0.15) is 70.6 Å². The van der Waals surface area contributed by atoms with Gasteiger partial charge in [-0.25, -0.2) is 0 Å². The average Bonchev–Trinajstić information content (AvgIpc) is 2.82. The monoisotopic (exact) mass is 267 g/mol. The number of ketones is 1. The fourth-order valence-corrected chi connectivity index (χ4v) is 3.63. The van der Waals surface area contributed by atoms with Crippen LogP contribution in [0.5, 0.6) is 0 Å². The molecule has 3 nitrogen and oxygen atoms in total. The number of carbonyl (C=O) groups is 1. The predicted octanol–water partition coefficient (Wildman–Crippen LogP) is 3.20. The Bertz CT molecular complexity index is 276. The van der Waals surface area contributed by atoms with Gasteiger partial charge >= 0.3 is 0 Å². The van der Waals surface area contributed by atoms with Gasteiger partial charge in [0, 0.05) is 25.0 Å². The van der Waals surface area contributed by atoms with E-state index in [9.17, 15) is 4.79 Å². The van der Waals surface area contributed by atoms with Crippen molar-refractivity contribution in [1.29, 1.82) is 0 Å². The molecule has 1 aliphatic carbocycles. The average molecular weight is 267 g/mol. The van der Waals surface area contributed by atoms with Crippen LogP contribution in [0.25, 0.3) is 0 Å². The minimum absolute atomic E-state index is 0.187.